The van der Waals surface area contributed by atoms with Crippen LogP contribution < -0.4 is 5.32 Å². The summed E-state index contributed by atoms with van der Waals surface area (Å²) >= 11 is 0. The van der Waals surface area contributed by atoms with Crippen LogP contribution in [0.1, 0.15) is 47.0 Å². The maximum absolute atomic E-state index is 12.6. The van der Waals surface area contributed by atoms with Crippen LogP contribution in [-0.4, -0.2) is 60.5 Å². The molecule has 0 aliphatic carbocycles. The standard InChI is InChI=1S/C15H31N3O/c1-5-6-7-10-18(13(2)3)15(19)14(4)17-11-8-16-9-12-17/h13-14,16H,5-12H2,1-4H3. The summed E-state index contributed by atoms with van der Waals surface area (Å²) in [5.74, 6) is 0.299. The zero-order valence-electron chi connectivity index (χ0n) is 13.1. The van der Waals surface area contributed by atoms with E-state index in [4.69, 9.17) is 0 Å². The maximum atomic E-state index is 12.6. The lowest BCUT2D eigenvalue weighted by molar-refractivity contribution is -0.138. The van der Waals surface area contributed by atoms with Crippen molar-refractivity contribution in [3.05, 3.63) is 0 Å². The Bertz CT molecular complexity index is 262. The molecule has 1 fully saturated rings. The van der Waals surface area contributed by atoms with Gasteiger partial charge in [0.15, 0.2) is 0 Å². The Morgan fingerprint density at radius 1 is 1.21 bits per heavy atom. The maximum Gasteiger partial charge on any atom is 0.239 e. The van der Waals surface area contributed by atoms with Gasteiger partial charge in [-0.3, -0.25) is 9.69 Å². The van der Waals surface area contributed by atoms with E-state index in [1.54, 1.807) is 0 Å². The van der Waals surface area contributed by atoms with E-state index in [1.807, 2.05) is 0 Å². The van der Waals surface area contributed by atoms with E-state index >= 15 is 0 Å². The third kappa shape index (κ3) is 5.11. The monoisotopic (exact) mass is 269 g/mol. The highest BCUT2D eigenvalue weighted by molar-refractivity contribution is 5.81. The predicted octanol–water partition coefficient (Wildman–Crippen LogP) is 1.71. The number of hydrogen-bond acceptors (Lipinski definition) is 3. The second-order valence-corrected chi connectivity index (χ2v) is 5.79. The lowest BCUT2D eigenvalue weighted by atomic mass is 10.1. The van der Waals surface area contributed by atoms with E-state index in [0.717, 1.165) is 39.1 Å². The van der Waals surface area contributed by atoms with Crippen molar-refractivity contribution < 1.29 is 4.79 Å². The molecule has 1 rings (SSSR count). The average molecular weight is 269 g/mol. The number of nitrogens with one attached hydrogen (secondary N) is 1. The third-order valence-corrected chi connectivity index (χ3v) is 3.97. The van der Waals surface area contributed by atoms with Crippen LogP contribution in [0.4, 0.5) is 0 Å². The number of carbonyl (C=O) groups excluding carboxylic acids is 1. The molecule has 1 saturated heterocycles. The van der Waals surface area contributed by atoms with Gasteiger partial charge in [-0.05, 0) is 27.2 Å². The zero-order valence-corrected chi connectivity index (χ0v) is 13.1. The van der Waals surface area contributed by atoms with Gasteiger partial charge < -0.3 is 10.2 Å². The SMILES string of the molecule is CCCCCN(C(=O)C(C)N1CCNCC1)C(C)C. The van der Waals surface area contributed by atoms with Crippen LogP contribution in [-0.2, 0) is 4.79 Å². The molecule has 1 aliphatic rings. The molecule has 1 heterocycles. The zero-order chi connectivity index (χ0) is 14.3. The van der Waals surface area contributed by atoms with Crippen molar-refractivity contribution >= 4 is 5.91 Å². The van der Waals surface area contributed by atoms with Crippen LogP contribution in [0.5, 0.6) is 0 Å². The van der Waals surface area contributed by atoms with Crippen molar-refractivity contribution in [1.82, 2.24) is 15.1 Å². The van der Waals surface area contributed by atoms with E-state index in [-0.39, 0.29) is 6.04 Å². The van der Waals surface area contributed by atoms with Gasteiger partial charge in [0, 0.05) is 38.8 Å². The first-order valence-electron chi connectivity index (χ1n) is 7.83. The summed E-state index contributed by atoms with van der Waals surface area (Å²) in [5.41, 5.74) is 0. The molecular weight excluding hydrogens is 238 g/mol. The molecule has 0 aromatic heterocycles. The predicted molar refractivity (Wildman–Crippen MR) is 80.3 cm³/mol. The minimum absolute atomic E-state index is 0.0196. The topological polar surface area (TPSA) is 35.6 Å². The largest absolute Gasteiger partial charge is 0.339 e. The lowest BCUT2D eigenvalue weighted by Crippen LogP contribution is -2.54. The van der Waals surface area contributed by atoms with Gasteiger partial charge in [-0.2, -0.15) is 0 Å². The second-order valence-electron chi connectivity index (χ2n) is 5.79. The fourth-order valence-electron chi connectivity index (χ4n) is 2.62. The summed E-state index contributed by atoms with van der Waals surface area (Å²) < 4.78 is 0. The Labute approximate surface area is 118 Å². The molecule has 1 amide bonds. The molecule has 1 atom stereocenters. The summed E-state index contributed by atoms with van der Waals surface area (Å²) in [5, 5.41) is 3.34. The molecule has 4 heteroatoms. The molecule has 4 nitrogen and oxygen atoms in total. The molecule has 0 spiro atoms. The molecule has 0 bridgehead atoms. The van der Waals surface area contributed by atoms with Crippen molar-refractivity contribution in [2.24, 2.45) is 0 Å². The molecule has 0 aromatic carbocycles. The van der Waals surface area contributed by atoms with Gasteiger partial charge in [0.25, 0.3) is 0 Å². The van der Waals surface area contributed by atoms with E-state index in [2.05, 4.69) is 42.8 Å². The first-order valence-corrected chi connectivity index (χ1v) is 7.83. The van der Waals surface area contributed by atoms with Gasteiger partial charge in [-0.15, -0.1) is 0 Å². The molecule has 1 aliphatic heterocycles. The fraction of sp³-hybridized carbons (Fsp3) is 0.933. The number of nitrogens with zero attached hydrogens (tertiary/aromatic N) is 2. The first kappa shape index (κ1) is 16.4. The van der Waals surface area contributed by atoms with Gasteiger partial charge >= 0.3 is 0 Å². The highest BCUT2D eigenvalue weighted by atomic mass is 16.2. The molecule has 1 N–H and O–H groups in total. The molecule has 0 aromatic rings. The van der Waals surface area contributed by atoms with Crippen molar-refractivity contribution in [3.8, 4) is 0 Å². The van der Waals surface area contributed by atoms with Crippen LogP contribution >= 0.6 is 0 Å². The third-order valence-electron chi connectivity index (χ3n) is 3.97. The average Bonchev–Trinajstić information content (AvgIpc) is 2.42. The number of rotatable bonds is 7. The molecule has 19 heavy (non-hydrogen) atoms. The van der Waals surface area contributed by atoms with Crippen molar-refractivity contribution in [1.29, 1.82) is 0 Å². The molecule has 1 unspecified atom stereocenters. The van der Waals surface area contributed by atoms with Crippen molar-refractivity contribution in [3.63, 3.8) is 0 Å². The van der Waals surface area contributed by atoms with Crippen molar-refractivity contribution in [2.45, 2.75) is 59.0 Å². The van der Waals surface area contributed by atoms with Crippen molar-refractivity contribution in [2.75, 3.05) is 32.7 Å². The van der Waals surface area contributed by atoms with Gasteiger partial charge in [-0.1, -0.05) is 19.8 Å². The van der Waals surface area contributed by atoms with Crippen LogP contribution in [0.3, 0.4) is 0 Å². The Morgan fingerprint density at radius 3 is 2.37 bits per heavy atom. The second kappa shape index (κ2) is 8.54. The molecule has 112 valence electrons. The summed E-state index contributed by atoms with van der Waals surface area (Å²) in [6.07, 6.45) is 3.53. The first-order chi connectivity index (χ1) is 9.07. The van der Waals surface area contributed by atoms with Crippen LogP contribution in [0.25, 0.3) is 0 Å². The van der Waals surface area contributed by atoms with Gasteiger partial charge in [0.05, 0.1) is 6.04 Å². The fourth-order valence-corrected chi connectivity index (χ4v) is 2.62. The number of hydrogen-bond donors (Lipinski definition) is 1. The summed E-state index contributed by atoms with van der Waals surface area (Å²) in [7, 11) is 0. The Hall–Kier alpha value is -0.610. The highest BCUT2D eigenvalue weighted by Gasteiger charge is 2.27. The van der Waals surface area contributed by atoms with Gasteiger partial charge in [-0.25, -0.2) is 0 Å². The number of carbonyl (C=O) groups is 1. The molecular formula is C15H31N3O. The summed E-state index contributed by atoms with van der Waals surface area (Å²) in [6.45, 7) is 13.4. The number of piperazine rings is 1. The Balaban J connectivity index is 2.53. The Kier molecular flexibility index (Phi) is 7.39. The van der Waals surface area contributed by atoms with E-state index in [0.29, 0.717) is 11.9 Å². The van der Waals surface area contributed by atoms with Gasteiger partial charge in [0.2, 0.25) is 5.91 Å². The Morgan fingerprint density at radius 2 is 1.84 bits per heavy atom. The minimum Gasteiger partial charge on any atom is -0.339 e. The lowest BCUT2D eigenvalue weighted by Gasteiger charge is -2.36. The molecule has 0 saturated carbocycles. The quantitative estimate of drug-likeness (QED) is 0.715. The minimum atomic E-state index is 0.0196. The van der Waals surface area contributed by atoms with Crippen LogP contribution in [0.15, 0.2) is 0 Å². The van der Waals surface area contributed by atoms with Crippen LogP contribution in [0.2, 0.25) is 0 Å². The number of unbranched alkanes of at least 4 members (excludes halogenated alkanes) is 2. The summed E-state index contributed by atoms with van der Waals surface area (Å²) in [4.78, 5) is 17.0. The van der Waals surface area contributed by atoms with E-state index < -0.39 is 0 Å². The van der Waals surface area contributed by atoms with Gasteiger partial charge in [0.1, 0.15) is 0 Å². The summed E-state index contributed by atoms with van der Waals surface area (Å²) in [6, 6.07) is 0.320. The molecule has 0 radical (unpaired) electrons. The van der Waals surface area contributed by atoms with Crippen LogP contribution in [0, 0.1) is 0 Å². The highest BCUT2D eigenvalue weighted by Crippen LogP contribution is 2.10. The smallest absolute Gasteiger partial charge is 0.239 e. The number of amides is 1. The van der Waals surface area contributed by atoms with E-state index in [1.165, 1.54) is 12.8 Å². The normalized spacial score (nSPS) is 18.6. The van der Waals surface area contributed by atoms with E-state index in [9.17, 15) is 4.79 Å².